The van der Waals surface area contributed by atoms with Gasteiger partial charge in [0.1, 0.15) is 11.6 Å². The molecule has 0 spiro atoms. The lowest BCUT2D eigenvalue weighted by atomic mass is 10.1. The van der Waals surface area contributed by atoms with Crippen molar-refractivity contribution in [1.29, 1.82) is 0 Å². The minimum atomic E-state index is -3.10. The fourth-order valence-electron chi connectivity index (χ4n) is 2.81. The maximum Gasteiger partial charge on any atom is 0.213 e. The molecule has 2 heterocycles. The van der Waals surface area contributed by atoms with Crippen molar-refractivity contribution in [2.24, 2.45) is 0 Å². The van der Waals surface area contributed by atoms with Gasteiger partial charge in [0.15, 0.2) is 0 Å². The second-order valence-corrected chi connectivity index (χ2v) is 8.04. The Bertz CT molecular complexity index is 772. The Kier molecular flexibility index (Phi) is 5.11. The van der Waals surface area contributed by atoms with E-state index >= 15 is 0 Å². The van der Waals surface area contributed by atoms with Gasteiger partial charge in [0, 0.05) is 38.8 Å². The van der Waals surface area contributed by atoms with Crippen molar-refractivity contribution in [2.45, 2.75) is 13.3 Å². The van der Waals surface area contributed by atoms with E-state index in [1.54, 1.807) is 17.4 Å². The van der Waals surface area contributed by atoms with Crippen LogP contribution >= 0.6 is 0 Å². The van der Waals surface area contributed by atoms with E-state index < -0.39 is 10.0 Å². The summed E-state index contributed by atoms with van der Waals surface area (Å²) in [6, 6.07) is 12.0. The molecule has 0 unspecified atom stereocenters. The molecular formula is C17H22N4O2S. The van der Waals surface area contributed by atoms with Gasteiger partial charge < -0.3 is 4.90 Å². The SMILES string of the molecule is CCS(=O)(=O)N1CCN(c2ccnc(Cc3ccccc3)n2)CC1. The van der Waals surface area contributed by atoms with Gasteiger partial charge in [0.2, 0.25) is 10.0 Å². The van der Waals surface area contributed by atoms with Crippen LogP contribution < -0.4 is 4.90 Å². The second-order valence-electron chi connectivity index (χ2n) is 5.78. The normalized spacial score (nSPS) is 16.3. The number of hydrogen-bond donors (Lipinski definition) is 0. The highest BCUT2D eigenvalue weighted by atomic mass is 32.2. The third-order valence-electron chi connectivity index (χ3n) is 4.22. The van der Waals surface area contributed by atoms with Crippen molar-refractivity contribution in [2.75, 3.05) is 36.8 Å². The molecule has 1 aliphatic heterocycles. The highest BCUT2D eigenvalue weighted by Crippen LogP contribution is 2.16. The van der Waals surface area contributed by atoms with E-state index in [4.69, 9.17) is 0 Å². The summed E-state index contributed by atoms with van der Waals surface area (Å²) in [5.41, 5.74) is 1.17. The standard InChI is InChI=1S/C17H22N4O2S/c1-2-24(22,23)21-12-10-20(11-13-21)17-8-9-18-16(19-17)14-15-6-4-3-5-7-15/h3-9H,2,10-14H2,1H3. The predicted molar refractivity (Wildman–Crippen MR) is 94.5 cm³/mol. The molecule has 128 valence electrons. The van der Waals surface area contributed by atoms with Crippen LogP contribution in [0.2, 0.25) is 0 Å². The Hall–Kier alpha value is -1.99. The van der Waals surface area contributed by atoms with Gasteiger partial charge in [-0.3, -0.25) is 0 Å². The van der Waals surface area contributed by atoms with Crippen molar-refractivity contribution in [1.82, 2.24) is 14.3 Å². The van der Waals surface area contributed by atoms with Crippen molar-refractivity contribution in [3.8, 4) is 0 Å². The van der Waals surface area contributed by atoms with Crippen LogP contribution in [0.4, 0.5) is 5.82 Å². The summed E-state index contributed by atoms with van der Waals surface area (Å²) in [6.07, 6.45) is 2.47. The van der Waals surface area contributed by atoms with Crippen LogP contribution in [0, 0.1) is 0 Å². The van der Waals surface area contributed by atoms with Crippen LogP contribution in [-0.4, -0.2) is 54.6 Å². The van der Waals surface area contributed by atoms with Crippen LogP contribution in [0.25, 0.3) is 0 Å². The molecule has 2 aromatic rings. The number of benzene rings is 1. The molecular weight excluding hydrogens is 324 g/mol. The minimum Gasteiger partial charge on any atom is -0.354 e. The van der Waals surface area contributed by atoms with Crippen molar-refractivity contribution < 1.29 is 8.42 Å². The molecule has 24 heavy (non-hydrogen) atoms. The Morgan fingerprint density at radius 3 is 2.42 bits per heavy atom. The van der Waals surface area contributed by atoms with Gasteiger partial charge in [-0.1, -0.05) is 30.3 Å². The summed E-state index contributed by atoms with van der Waals surface area (Å²) in [5, 5.41) is 0. The largest absolute Gasteiger partial charge is 0.354 e. The number of nitrogens with zero attached hydrogens (tertiary/aromatic N) is 4. The topological polar surface area (TPSA) is 66.4 Å². The van der Waals surface area contributed by atoms with Gasteiger partial charge in [-0.25, -0.2) is 18.4 Å². The van der Waals surface area contributed by atoms with Crippen LogP contribution in [0.5, 0.6) is 0 Å². The molecule has 1 aromatic carbocycles. The molecule has 0 atom stereocenters. The summed E-state index contributed by atoms with van der Waals surface area (Å²) >= 11 is 0. The number of anilines is 1. The first-order valence-electron chi connectivity index (χ1n) is 8.17. The predicted octanol–water partition coefficient (Wildman–Crippen LogP) is 1.54. The van der Waals surface area contributed by atoms with Gasteiger partial charge >= 0.3 is 0 Å². The van der Waals surface area contributed by atoms with Gasteiger partial charge in [0.05, 0.1) is 5.75 Å². The fraction of sp³-hybridized carbons (Fsp3) is 0.412. The van der Waals surface area contributed by atoms with Gasteiger partial charge in [-0.15, -0.1) is 0 Å². The monoisotopic (exact) mass is 346 g/mol. The van der Waals surface area contributed by atoms with Crippen LogP contribution in [0.1, 0.15) is 18.3 Å². The molecule has 0 aliphatic carbocycles. The molecule has 7 heteroatoms. The van der Waals surface area contributed by atoms with Crippen LogP contribution in [0.15, 0.2) is 42.6 Å². The first-order chi connectivity index (χ1) is 11.6. The van der Waals surface area contributed by atoms with Crippen molar-refractivity contribution in [3.05, 3.63) is 54.0 Å². The second kappa shape index (κ2) is 7.27. The summed E-state index contributed by atoms with van der Waals surface area (Å²) in [6.45, 7) is 4.01. The Morgan fingerprint density at radius 1 is 1.04 bits per heavy atom. The zero-order chi connectivity index (χ0) is 17.0. The molecule has 1 saturated heterocycles. The number of hydrogen-bond acceptors (Lipinski definition) is 5. The molecule has 1 aromatic heterocycles. The highest BCUT2D eigenvalue weighted by Gasteiger charge is 2.26. The number of aromatic nitrogens is 2. The summed E-state index contributed by atoms with van der Waals surface area (Å²) in [7, 11) is -3.10. The lowest BCUT2D eigenvalue weighted by Gasteiger charge is -2.34. The van der Waals surface area contributed by atoms with E-state index in [1.807, 2.05) is 24.3 Å². The molecule has 0 saturated carbocycles. The average molecular weight is 346 g/mol. The molecule has 1 fully saturated rings. The third kappa shape index (κ3) is 3.91. The van der Waals surface area contributed by atoms with E-state index in [0.717, 1.165) is 11.6 Å². The smallest absolute Gasteiger partial charge is 0.213 e. The van der Waals surface area contributed by atoms with Crippen LogP contribution in [-0.2, 0) is 16.4 Å². The van der Waals surface area contributed by atoms with E-state index in [0.29, 0.717) is 32.6 Å². The third-order valence-corrected chi connectivity index (χ3v) is 6.10. The number of piperazine rings is 1. The molecule has 6 nitrogen and oxygen atoms in total. The average Bonchev–Trinajstić information content (AvgIpc) is 2.63. The first kappa shape index (κ1) is 16.9. The quantitative estimate of drug-likeness (QED) is 0.822. The first-order valence-corrected chi connectivity index (χ1v) is 9.78. The lowest BCUT2D eigenvalue weighted by molar-refractivity contribution is 0.384. The fourth-order valence-corrected chi connectivity index (χ4v) is 3.89. The Labute approximate surface area is 143 Å². The molecule has 0 bridgehead atoms. The molecule has 1 aliphatic rings. The van der Waals surface area contributed by atoms with E-state index in [-0.39, 0.29) is 5.75 Å². The summed E-state index contributed by atoms with van der Waals surface area (Å²) < 4.78 is 25.4. The van der Waals surface area contributed by atoms with E-state index in [9.17, 15) is 8.42 Å². The van der Waals surface area contributed by atoms with Crippen LogP contribution in [0.3, 0.4) is 0 Å². The van der Waals surface area contributed by atoms with Crippen molar-refractivity contribution in [3.63, 3.8) is 0 Å². The zero-order valence-corrected chi connectivity index (χ0v) is 14.6. The maximum absolute atomic E-state index is 11.9. The molecule has 0 N–H and O–H groups in total. The molecule has 0 radical (unpaired) electrons. The summed E-state index contributed by atoms with van der Waals surface area (Å²) in [5.74, 6) is 1.80. The minimum absolute atomic E-state index is 0.154. The Morgan fingerprint density at radius 2 is 1.75 bits per heavy atom. The number of rotatable bonds is 5. The van der Waals surface area contributed by atoms with E-state index in [1.165, 1.54) is 5.56 Å². The lowest BCUT2D eigenvalue weighted by Crippen LogP contribution is -2.49. The molecule has 0 amide bonds. The summed E-state index contributed by atoms with van der Waals surface area (Å²) in [4.78, 5) is 11.1. The maximum atomic E-state index is 11.9. The zero-order valence-electron chi connectivity index (χ0n) is 13.8. The molecule has 3 rings (SSSR count). The highest BCUT2D eigenvalue weighted by molar-refractivity contribution is 7.89. The number of sulfonamides is 1. The van der Waals surface area contributed by atoms with Crippen molar-refractivity contribution >= 4 is 15.8 Å². The van der Waals surface area contributed by atoms with Gasteiger partial charge in [0.25, 0.3) is 0 Å². The Balaban J connectivity index is 1.67. The van der Waals surface area contributed by atoms with Gasteiger partial charge in [-0.05, 0) is 18.6 Å². The van der Waals surface area contributed by atoms with E-state index in [2.05, 4.69) is 27.0 Å². The van der Waals surface area contributed by atoms with Gasteiger partial charge in [-0.2, -0.15) is 4.31 Å².